The maximum absolute atomic E-state index is 2.60. The quantitative estimate of drug-likeness (QED) is 0.153. The highest BCUT2D eigenvalue weighted by atomic mass is 32.2. The van der Waals surface area contributed by atoms with E-state index in [0.29, 0.717) is 0 Å². The molecule has 11 rings (SSSR count). The van der Waals surface area contributed by atoms with E-state index < -0.39 is 0 Å². The van der Waals surface area contributed by atoms with Crippen molar-refractivity contribution < 1.29 is 4.57 Å². The van der Waals surface area contributed by atoms with Gasteiger partial charge in [0.25, 0.3) is 5.82 Å². The Labute approximate surface area is 373 Å². The van der Waals surface area contributed by atoms with Crippen LogP contribution in [0.25, 0.3) is 28.2 Å². The van der Waals surface area contributed by atoms with Gasteiger partial charge in [-0.2, -0.15) is 4.57 Å². The molecule has 0 aliphatic carbocycles. The third kappa shape index (κ3) is 7.14. The molecule has 5 heterocycles. The van der Waals surface area contributed by atoms with Gasteiger partial charge in [0.1, 0.15) is 11.2 Å². The first-order valence-electron chi connectivity index (χ1n) is 21.4. The molecule has 0 radical (unpaired) electrons. The third-order valence-corrected chi connectivity index (χ3v) is 14.8. The Morgan fingerprint density at radius 1 is 0.548 bits per heavy atom. The summed E-state index contributed by atoms with van der Waals surface area (Å²) in [5.74, 6) is 1.21. The minimum atomic E-state index is 0.743. The van der Waals surface area contributed by atoms with Gasteiger partial charge in [-0.25, -0.2) is 10.0 Å². The van der Waals surface area contributed by atoms with Gasteiger partial charge < -0.3 is 14.7 Å². The summed E-state index contributed by atoms with van der Waals surface area (Å²) in [6, 6.07) is 59.4. The number of piperazine rings is 1. The highest BCUT2D eigenvalue weighted by Gasteiger charge is 2.33. The minimum absolute atomic E-state index is 0.743. The number of fused-ring (bicyclic) bond motifs is 4. The number of benzene rings is 6. The first-order chi connectivity index (χ1) is 30.6. The van der Waals surface area contributed by atoms with Crippen LogP contribution >= 0.6 is 23.5 Å². The first-order valence-corrected chi connectivity index (χ1v) is 23.1. The maximum Gasteiger partial charge on any atom is 0.282 e. The molecule has 1 saturated heterocycles. The number of aromatic nitrogens is 1. The monoisotopic (exact) mass is 846 g/mol. The second-order valence-corrected chi connectivity index (χ2v) is 18.2. The largest absolute Gasteiger partial charge is 0.338 e. The number of nitrogens with zero attached hydrogens (tertiary/aromatic N) is 7. The molecular formula is C53H48N7S2+. The van der Waals surface area contributed by atoms with E-state index in [1.54, 1.807) is 0 Å². The lowest BCUT2D eigenvalue weighted by Gasteiger charge is -2.43. The summed E-state index contributed by atoms with van der Waals surface area (Å²) in [4.78, 5) is 12.3. The van der Waals surface area contributed by atoms with Crippen molar-refractivity contribution in [1.29, 1.82) is 0 Å². The van der Waals surface area contributed by atoms with Gasteiger partial charge in [0.2, 0.25) is 0 Å². The van der Waals surface area contributed by atoms with Crippen molar-refractivity contribution in [3.8, 4) is 5.69 Å². The summed E-state index contributed by atoms with van der Waals surface area (Å²) >= 11 is 3.70. The fourth-order valence-electron chi connectivity index (χ4n) is 9.22. The van der Waals surface area contributed by atoms with E-state index in [0.717, 1.165) is 39.4 Å². The molecule has 4 aliphatic heterocycles. The highest BCUT2D eigenvalue weighted by molar-refractivity contribution is 8.04. The van der Waals surface area contributed by atoms with E-state index in [1.165, 1.54) is 81.7 Å². The predicted octanol–water partition coefficient (Wildman–Crippen LogP) is 11.3. The molecule has 0 atom stereocenters. The first kappa shape index (κ1) is 38.7. The molecule has 0 saturated carbocycles. The molecule has 0 spiro atoms. The van der Waals surface area contributed by atoms with Crippen LogP contribution in [-0.2, 0) is 0 Å². The molecule has 0 N–H and O–H groups in total. The third-order valence-electron chi connectivity index (χ3n) is 12.5. The van der Waals surface area contributed by atoms with E-state index in [4.69, 9.17) is 0 Å². The number of para-hydroxylation sites is 6. The van der Waals surface area contributed by atoms with Crippen molar-refractivity contribution in [2.75, 3.05) is 73.1 Å². The number of rotatable bonds is 6. The molecule has 1 aromatic heterocycles. The van der Waals surface area contributed by atoms with Crippen molar-refractivity contribution in [1.82, 2.24) is 10.0 Å². The van der Waals surface area contributed by atoms with Crippen LogP contribution in [0.5, 0.6) is 0 Å². The molecular weight excluding hydrogens is 799 g/mol. The number of hydrazine groups is 1. The number of thioether (sulfide) groups is 2. The van der Waals surface area contributed by atoms with Crippen LogP contribution in [0.3, 0.4) is 0 Å². The molecule has 0 amide bonds. The zero-order chi connectivity index (χ0) is 41.6. The smallest absolute Gasteiger partial charge is 0.282 e. The Hall–Kier alpha value is -6.23. The summed E-state index contributed by atoms with van der Waals surface area (Å²) in [5, 5.41) is 8.86. The normalized spacial score (nSPS) is 18.2. The molecule has 0 unspecified atom stereocenters. The molecule has 1 fully saturated rings. The Bertz CT molecular complexity index is 2890. The average Bonchev–Trinajstić information content (AvgIpc) is 3.82. The molecule has 6 aromatic carbocycles. The maximum atomic E-state index is 2.60. The van der Waals surface area contributed by atoms with Crippen molar-refractivity contribution in [3.63, 3.8) is 0 Å². The average molecular weight is 847 g/mol. The van der Waals surface area contributed by atoms with Crippen molar-refractivity contribution in [3.05, 3.63) is 197 Å². The number of pyridine rings is 1. The summed E-state index contributed by atoms with van der Waals surface area (Å²) in [6.45, 7) is 5.11. The van der Waals surface area contributed by atoms with E-state index in [9.17, 15) is 0 Å². The Morgan fingerprint density at radius 2 is 1.13 bits per heavy atom. The molecule has 4 aliphatic rings. The van der Waals surface area contributed by atoms with Gasteiger partial charge in [-0.3, -0.25) is 4.90 Å². The standard InChI is InChI=1S/C53H48N7S2/c1-54-47-25-13-15-27-49(47)61-52(54)36-39-29-30-58(38-59(41-17-5-3-6-18-41)45-23-11-9-21-43(39)45)57-33-31-56(32-34-57)51-35-40(37-53-55(2)48-26-14-16-28-50(48)62-53)44-22-10-12-24-46(44)60(51)42-19-7-4-8-20-42/h3-29,35-37H,30-34,38H2,1-2H3/q+1/b39-29?,52-36+. The molecule has 7 aromatic rings. The van der Waals surface area contributed by atoms with Crippen LogP contribution in [0.15, 0.2) is 196 Å². The van der Waals surface area contributed by atoms with Gasteiger partial charge in [-0.15, -0.1) is 0 Å². The second kappa shape index (κ2) is 16.6. The molecule has 62 heavy (non-hydrogen) atoms. The van der Waals surface area contributed by atoms with Gasteiger partial charge in [0, 0.05) is 53.1 Å². The minimum Gasteiger partial charge on any atom is -0.338 e. The summed E-state index contributed by atoms with van der Waals surface area (Å²) in [6.07, 6.45) is 7.22. The molecule has 9 heteroatoms. The molecule has 306 valence electrons. The Balaban J connectivity index is 0.944. The summed E-state index contributed by atoms with van der Waals surface area (Å²) in [5.41, 5.74) is 11.0. The SMILES string of the molecule is CN1C(=Cc2cc(N3CCN(N4CC=C(/C=C5/Sc6ccccc6N5C)c5ccccc5N(c5ccccc5)C4)CC3)[n+](-c3ccccc3)c3ccccc23)Sc2ccccc21. The summed E-state index contributed by atoms with van der Waals surface area (Å²) in [7, 11) is 4.37. The van der Waals surface area contributed by atoms with E-state index >= 15 is 0 Å². The van der Waals surface area contributed by atoms with Crippen LogP contribution < -0.4 is 24.2 Å². The van der Waals surface area contributed by atoms with Gasteiger partial charge in [0.15, 0.2) is 0 Å². The van der Waals surface area contributed by atoms with Crippen LogP contribution in [0.2, 0.25) is 0 Å². The Morgan fingerprint density at radius 3 is 1.82 bits per heavy atom. The Kier molecular flexibility index (Phi) is 10.3. The van der Waals surface area contributed by atoms with Gasteiger partial charge in [-0.1, -0.05) is 127 Å². The molecule has 7 nitrogen and oxygen atoms in total. The number of hydrogen-bond acceptors (Lipinski definition) is 8. The van der Waals surface area contributed by atoms with Crippen molar-refractivity contribution >= 4 is 74.6 Å². The van der Waals surface area contributed by atoms with Crippen LogP contribution in [0, 0.1) is 0 Å². The fourth-order valence-corrected chi connectivity index (χ4v) is 11.4. The van der Waals surface area contributed by atoms with Crippen LogP contribution in [0.4, 0.5) is 28.6 Å². The zero-order valence-corrected chi connectivity index (χ0v) is 36.6. The lowest BCUT2D eigenvalue weighted by molar-refractivity contribution is -0.554. The number of allylic oxidation sites excluding steroid dienone is 2. The second-order valence-electron chi connectivity index (χ2n) is 16.1. The van der Waals surface area contributed by atoms with Gasteiger partial charge >= 0.3 is 0 Å². The highest BCUT2D eigenvalue weighted by Crippen LogP contribution is 2.47. The van der Waals surface area contributed by atoms with Gasteiger partial charge in [0.05, 0.1) is 60.0 Å². The lowest BCUT2D eigenvalue weighted by Crippen LogP contribution is -2.57. The fraction of sp³-hybridized carbons (Fsp3) is 0.151. The van der Waals surface area contributed by atoms with E-state index in [2.05, 4.69) is 230 Å². The van der Waals surface area contributed by atoms with Gasteiger partial charge in [-0.05, 0) is 84.0 Å². The van der Waals surface area contributed by atoms with E-state index in [-0.39, 0.29) is 0 Å². The number of hydrogen-bond donors (Lipinski definition) is 0. The summed E-state index contributed by atoms with van der Waals surface area (Å²) < 4.78 is 2.47. The van der Waals surface area contributed by atoms with Crippen molar-refractivity contribution in [2.24, 2.45) is 0 Å². The predicted molar refractivity (Wildman–Crippen MR) is 261 cm³/mol. The topological polar surface area (TPSA) is 23.3 Å². The zero-order valence-electron chi connectivity index (χ0n) is 35.0. The number of anilines is 5. The van der Waals surface area contributed by atoms with E-state index in [1.807, 2.05) is 23.5 Å². The van der Waals surface area contributed by atoms with Crippen LogP contribution in [-0.4, -0.2) is 63.5 Å². The van der Waals surface area contributed by atoms with Crippen molar-refractivity contribution in [2.45, 2.75) is 9.79 Å². The molecule has 0 bridgehead atoms. The van der Waals surface area contributed by atoms with Crippen LogP contribution in [0.1, 0.15) is 11.1 Å². The lowest BCUT2D eigenvalue weighted by atomic mass is 10.0.